The molecule has 2 atom stereocenters. The second-order valence-electron chi connectivity index (χ2n) is 9.11. The molecule has 0 saturated carbocycles. The van der Waals surface area contributed by atoms with Crippen LogP contribution in [0.1, 0.15) is 40.9 Å². The number of benzene rings is 3. The first kappa shape index (κ1) is 33.3. The normalized spacial score (nSPS) is 12.1. The van der Waals surface area contributed by atoms with E-state index >= 15 is 0 Å². The van der Waals surface area contributed by atoms with Gasteiger partial charge in [-0.15, -0.1) is 24.8 Å². The number of hydrogen-bond donors (Lipinski definition) is 4. The Morgan fingerprint density at radius 2 is 1.82 bits per heavy atom. The van der Waals surface area contributed by atoms with E-state index in [1.54, 1.807) is 42.6 Å². The van der Waals surface area contributed by atoms with Gasteiger partial charge in [0, 0.05) is 41.3 Å². The number of rotatable bonds is 12. The molecule has 0 aliphatic rings. The Morgan fingerprint density at radius 1 is 1.05 bits per heavy atom. The predicted octanol–water partition coefficient (Wildman–Crippen LogP) is 5.89. The third kappa shape index (κ3) is 9.06. The molecule has 40 heavy (non-hydrogen) atoms. The Labute approximate surface area is 251 Å². The number of ether oxygens (including phenoxy) is 1. The van der Waals surface area contributed by atoms with Crippen LogP contribution >= 0.6 is 36.4 Å². The lowest BCUT2D eigenvalue weighted by Crippen LogP contribution is -2.37. The largest absolute Gasteiger partial charge is 0.457 e. The molecule has 1 aromatic heterocycles. The molecule has 1 heterocycles. The molecule has 214 valence electrons. The van der Waals surface area contributed by atoms with Crippen molar-refractivity contribution in [1.29, 1.82) is 0 Å². The monoisotopic (exact) mass is 605 g/mol. The molecule has 7 nitrogen and oxygen atoms in total. The second kappa shape index (κ2) is 16.4. The summed E-state index contributed by atoms with van der Waals surface area (Å²) in [5.41, 5.74) is 2.98. The minimum Gasteiger partial charge on any atom is -0.457 e. The number of aliphatic hydroxyl groups excluding tert-OH is 2. The molecule has 0 saturated heterocycles. The number of aromatic nitrogens is 1. The Morgan fingerprint density at radius 3 is 2.52 bits per heavy atom. The number of fused-ring (bicyclic) bond motifs is 1. The number of nitrogens with zero attached hydrogens (tertiary/aromatic N) is 1. The van der Waals surface area contributed by atoms with E-state index < -0.39 is 6.10 Å². The standard InChI is InChI=1S/C30H32ClN3O4.2ClH/c1-2-13-33-30(37)22-8-11-26-27(17-22)32-14-12-29(26)38-25-9-6-20(7-10-25)15-24(19-35)34-18-28(36)21-4-3-5-23(31)16-21;;/h3-12,14,16-17,24,28,34-36H,2,13,15,18-19H2,1H3,(H,33,37);2*1H/t24-,28+;;/m0../s1. The van der Waals surface area contributed by atoms with E-state index in [9.17, 15) is 15.0 Å². The lowest BCUT2D eigenvalue weighted by Gasteiger charge is -2.19. The van der Waals surface area contributed by atoms with Crippen molar-refractivity contribution in [3.05, 3.63) is 101 Å². The van der Waals surface area contributed by atoms with Gasteiger partial charge in [-0.05, 0) is 72.5 Å². The van der Waals surface area contributed by atoms with Crippen molar-refractivity contribution < 1.29 is 19.7 Å². The maximum absolute atomic E-state index is 12.3. The summed E-state index contributed by atoms with van der Waals surface area (Å²) in [6.45, 7) is 2.87. The average molecular weight is 607 g/mol. The maximum Gasteiger partial charge on any atom is 0.251 e. The summed E-state index contributed by atoms with van der Waals surface area (Å²) in [5, 5.41) is 27.8. The smallest absolute Gasteiger partial charge is 0.251 e. The molecule has 3 aromatic carbocycles. The van der Waals surface area contributed by atoms with Crippen LogP contribution in [0.5, 0.6) is 11.5 Å². The second-order valence-corrected chi connectivity index (χ2v) is 9.54. The number of carbonyl (C=O) groups excluding carboxylic acids is 1. The van der Waals surface area contributed by atoms with Crippen molar-refractivity contribution in [3.8, 4) is 11.5 Å². The first-order chi connectivity index (χ1) is 18.5. The van der Waals surface area contributed by atoms with Crippen molar-refractivity contribution in [2.45, 2.75) is 31.9 Å². The predicted molar refractivity (Wildman–Crippen MR) is 164 cm³/mol. The highest BCUT2D eigenvalue weighted by Gasteiger charge is 2.14. The van der Waals surface area contributed by atoms with Crippen LogP contribution in [0.2, 0.25) is 5.02 Å². The zero-order chi connectivity index (χ0) is 26.9. The molecule has 4 rings (SSSR count). The highest BCUT2D eigenvalue weighted by Crippen LogP contribution is 2.29. The molecule has 0 aliphatic carbocycles. The topological polar surface area (TPSA) is 104 Å². The molecule has 0 bridgehead atoms. The average Bonchev–Trinajstić information content (AvgIpc) is 2.94. The van der Waals surface area contributed by atoms with E-state index in [4.69, 9.17) is 16.3 Å². The summed E-state index contributed by atoms with van der Waals surface area (Å²) < 4.78 is 6.13. The minimum absolute atomic E-state index is 0. The zero-order valence-electron chi connectivity index (χ0n) is 22.0. The van der Waals surface area contributed by atoms with Crippen LogP contribution in [0, 0.1) is 0 Å². The van der Waals surface area contributed by atoms with E-state index in [0.717, 1.165) is 22.9 Å². The fraction of sp³-hybridized carbons (Fsp3) is 0.267. The summed E-state index contributed by atoms with van der Waals surface area (Å²) in [6, 6.07) is 21.7. The Kier molecular flexibility index (Phi) is 13.6. The van der Waals surface area contributed by atoms with Crippen molar-refractivity contribution in [2.75, 3.05) is 19.7 Å². The number of aliphatic hydroxyl groups is 2. The Hall–Kier alpha value is -2.91. The van der Waals surface area contributed by atoms with Crippen molar-refractivity contribution in [2.24, 2.45) is 0 Å². The number of carbonyl (C=O) groups is 1. The lowest BCUT2D eigenvalue weighted by molar-refractivity contribution is 0.0953. The van der Waals surface area contributed by atoms with Crippen molar-refractivity contribution in [1.82, 2.24) is 15.6 Å². The van der Waals surface area contributed by atoms with Gasteiger partial charge in [0.2, 0.25) is 0 Å². The van der Waals surface area contributed by atoms with Crippen LogP contribution in [-0.2, 0) is 6.42 Å². The van der Waals surface area contributed by atoms with Gasteiger partial charge in [-0.2, -0.15) is 0 Å². The number of pyridine rings is 1. The van der Waals surface area contributed by atoms with Gasteiger partial charge in [0.25, 0.3) is 5.91 Å². The molecule has 0 aliphatic heterocycles. The minimum atomic E-state index is -0.726. The summed E-state index contributed by atoms with van der Waals surface area (Å²) in [6.07, 6.45) is 2.39. The van der Waals surface area contributed by atoms with Gasteiger partial charge in [-0.3, -0.25) is 9.78 Å². The van der Waals surface area contributed by atoms with Crippen LogP contribution in [0.4, 0.5) is 0 Å². The third-order valence-electron chi connectivity index (χ3n) is 6.19. The molecule has 0 radical (unpaired) electrons. The van der Waals surface area contributed by atoms with Crippen LogP contribution in [0.15, 0.2) is 79.0 Å². The van der Waals surface area contributed by atoms with Gasteiger partial charge < -0.3 is 25.6 Å². The van der Waals surface area contributed by atoms with Crippen molar-refractivity contribution >= 4 is 53.2 Å². The quantitative estimate of drug-likeness (QED) is 0.160. The molecule has 0 spiro atoms. The van der Waals surface area contributed by atoms with E-state index in [0.29, 0.717) is 47.1 Å². The van der Waals surface area contributed by atoms with Crippen LogP contribution < -0.4 is 15.4 Å². The maximum atomic E-state index is 12.3. The lowest BCUT2D eigenvalue weighted by atomic mass is 10.0. The van der Waals surface area contributed by atoms with Gasteiger partial charge in [0.1, 0.15) is 11.5 Å². The summed E-state index contributed by atoms with van der Waals surface area (Å²) in [5.74, 6) is 1.19. The SMILES string of the molecule is CCCNC(=O)c1ccc2c(Oc3ccc(C[C@@H](CO)NC[C@@H](O)c4cccc(Cl)c4)cc3)ccnc2c1.Cl.Cl. The van der Waals surface area contributed by atoms with E-state index in [2.05, 4.69) is 15.6 Å². The highest BCUT2D eigenvalue weighted by atomic mass is 35.5. The molecular weight excluding hydrogens is 573 g/mol. The molecular formula is C30H34Cl3N3O4. The number of nitrogens with one attached hydrogen (secondary N) is 2. The molecule has 1 amide bonds. The fourth-order valence-corrected chi connectivity index (χ4v) is 4.31. The third-order valence-corrected chi connectivity index (χ3v) is 6.42. The number of hydrogen-bond acceptors (Lipinski definition) is 6. The summed E-state index contributed by atoms with van der Waals surface area (Å²) >= 11 is 6.01. The van der Waals surface area contributed by atoms with Crippen LogP contribution in [0.3, 0.4) is 0 Å². The molecule has 4 N–H and O–H groups in total. The van der Waals surface area contributed by atoms with Gasteiger partial charge in [0.05, 0.1) is 18.2 Å². The van der Waals surface area contributed by atoms with E-state index in [1.807, 2.05) is 43.3 Å². The zero-order valence-corrected chi connectivity index (χ0v) is 24.4. The summed E-state index contributed by atoms with van der Waals surface area (Å²) in [4.78, 5) is 16.7. The number of halogens is 3. The molecule has 10 heteroatoms. The Balaban J connectivity index is 0.00000280. The number of amides is 1. The van der Waals surface area contributed by atoms with Gasteiger partial charge in [0.15, 0.2) is 0 Å². The van der Waals surface area contributed by atoms with Crippen LogP contribution in [-0.4, -0.2) is 46.8 Å². The van der Waals surface area contributed by atoms with Crippen LogP contribution in [0.25, 0.3) is 10.9 Å². The molecule has 4 aromatic rings. The van der Waals surface area contributed by atoms with E-state index in [1.165, 1.54) is 0 Å². The fourth-order valence-electron chi connectivity index (χ4n) is 4.11. The van der Waals surface area contributed by atoms with Crippen molar-refractivity contribution in [3.63, 3.8) is 0 Å². The first-order valence-corrected chi connectivity index (χ1v) is 13.1. The molecule has 0 unspecified atom stereocenters. The van der Waals surface area contributed by atoms with Gasteiger partial charge >= 0.3 is 0 Å². The highest BCUT2D eigenvalue weighted by molar-refractivity contribution is 6.30. The summed E-state index contributed by atoms with van der Waals surface area (Å²) in [7, 11) is 0. The van der Waals surface area contributed by atoms with Gasteiger partial charge in [-0.1, -0.05) is 42.8 Å². The van der Waals surface area contributed by atoms with E-state index in [-0.39, 0.29) is 43.4 Å². The Bertz CT molecular complexity index is 1370. The molecule has 0 fully saturated rings. The van der Waals surface area contributed by atoms with Gasteiger partial charge in [-0.25, -0.2) is 0 Å². The first-order valence-electron chi connectivity index (χ1n) is 12.7.